The maximum Gasteiger partial charge on any atom is 0.225 e. The molecule has 0 unspecified atom stereocenters. The number of aromatic nitrogens is 3. The Hall–Kier alpha value is -3.26. The van der Waals surface area contributed by atoms with Gasteiger partial charge in [0.25, 0.3) is 0 Å². The number of carbonyl (C=O) groups excluding carboxylic acids is 1. The Morgan fingerprint density at radius 1 is 1.15 bits per heavy atom. The quantitative estimate of drug-likeness (QED) is 0.423. The van der Waals surface area contributed by atoms with Crippen LogP contribution >= 0.6 is 11.3 Å². The Morgan fingerprint density at radius 2 is 1.88 bits per heavy atom. The number of amides is 1. The van der Waals surface area contributed by atoms with Crippen LogP contribution in [-0.2, 0) is 17.8 Å². The largest absolute Gasteiger partial charge is 0.352 e. The Labute approximate surface area is 202 Å². The number of aryl methyl sites for hydroxylation is 2. The summed E-state index contributed by atoms with van der Waals surface area (Å²) in [6.07, 6.45) is 2.84. The average Bonchev–Trinajstić information content (AvgIpc) is 3.44. The number of thiazole rings is 1. The molecule has 0 radical (unpaired) electrons. The molecule has 1 saturated heterocycles. The predicted octanol–water partition coefficient (Wildman–Crippen LogP) is 5.02. The molecule has 0 aliphatic carbocycles. The van der Waals surface area contributed by atoms with E-state index in [4.69, 9.17) is 4.98 Å². The number of anilines is 1. The van der Waals surface area contributed by atoms with E-state index in [0.717, 1.165) is 58.2 Å². The summed E-state index contributed by atoms with van der Waals surface area (Å²) in [5.41, 5.74) is 4.85. The number of nitrogens with one attached hydrogen (secondary N) is 1. The van der Waals surface area contributed by atoms with Crippen molar-refractivity contribution in [3.63, 3.8) is 0 Å². The van der Waals surface area contributed by atoms with Crippen molar-refractivity contribution in [2.24, 2.45) is 5.92 Å². The molecule has 2 aromatic carbocycles. The van der Waals surface area contributed by atoms with Crippen LogP contribution in [0.15, 0.2) is 48.5 Å². The molecule has 4 aromatic rings. The lowest BCUT2D eigenvalue weighted by Gasteiger charge is -2.31. The normalized spacial score (nSPS) is 16.2. The van der Waals surface area contributed by atoms with E-state index in [1.54, 1.807) is 28.2 Å². The monoisotopic (exact) mass is 477 g/mol. The first kappa shape index (κ1) is 22.5. The fourth-order valence-electron chi connectivity index (χ4n) is 4.41. The van der Waals surface area contributed by atoms with Gasteiger partial charge in [0.1, 0.15) is 5.82 Å². The number of carbonyl (C=O) groups is 1. The zero-order chi connectivity index (χ0) is 23.7. The van der Waals surface area contributed by atoms with Crippen LogP contribution in [0.3, 0.4) is 0 Å². The first-order valence-electron chi connectivity index (χ1n) is 11.7. The Morgan fingerprint density at radius 3 is 2.62 bits per heavy atom. The highest BCUT2D eigenvalue weighted by molar-refractivity contribution is 7.22. The molecule has 1 fully saturated rings. The minimum absolute atomic E-state index is 0.0645. The van der Waals surface area contributed by atoms with Crippen molar-refractivity contribution in [2.75, 3.05) is 18.0 Å². The fourth-order valence-corrected chi connectivity index (χ4v) is 5.43. The van der Waals surface area contributed by atoms with Crippen molar-refractivity contribution in [3.05, 3.63) is 71.2 Å². The van der Waals surface area contributed by atoms with E-state index in [9.17, 15) is 9.18 Å². The topological polar surface area (TPSA) is 63.1 Å². The molecule has 0 saturated carbocycles. The lowest BCUT2D eigenvalue weighted by atomic mass is 9.97. The third-order valence-electron chi connectivity index (χ3n) is 6.41. The SMILES string of the molecule is CCc1ccc(CNC(=O)[C@@H]2CCCN(c3nc4c(s3)c(C)nn4-c3ccc(F)cc3)C2)cc1. The number of hydrogen-bond acceptors (Lipinski definition) is 5. The van der Waals surface area contributed by atoms with Crippen LogP contribution in [0.25, 0.3) is 16.0 Å². The minimum atomic E-state index is -0.279. The number of rotatable bonds is 6. The van der Waals surface area contributed by atoms with Gasteiger partial charge in [-0.3, -0.25) is 4.79 Å². The molecule has 1 amide bonds. The summed E-state index contributed by atoms with van der Waals surface area (Å²) in [5.74, 6) is -0.247. The molecule has 2 aromatic heterocycles. The zero-order valence-electron chi connectivity index (χ0n) is 19.4. The summed E-state index contributed by atoms with van der Waals surface area (Å²) in [6.45, 7) is 6.18. The Balaban J connectivity index is 1.29. The van der Waals surface area contributed by atoms with Crippen LogP contribution in [0.4, 0.5) is 9.52 Å². The Kier molecular flexibility index (Phi) is 6.32. The van der Waals surface area contributed by atoms with Gasteiger partial charge in [0, 0.05) is 19.6 Å². The molecule has 176 valence electrons. The number of benzene rings is 2. The van der Waals surface area contributed by atoms with Crippen LogP contribution in [0.5, 0.6) is 0 Å². The maximum absolute atomic E-state index is 13.4. The molecule has 34 heavy (non-hydrogen) atoms. The molecule has 0 bridgehead atoms. The minimum Gasteiger partial charge on any atom is -0.352 e. The van der Waals surface area contributed by atoms with Gasteiger partial charge in [0.05, 0.1) is 22.0 Å². The summed E-state index contributed by atoms with van der Waals surface area (Å²) in [6, 6.07) is 14.7. The van der Waals surface area contributed by atoms with Gasteiger partial charge in [-0.25, -0.2) is 9.07 Å². The number of hydrogen-bond donors (Lipinski definition) is 1. The van der Waals surface area contributed by atoms with E-state index in [1.165, 1.54) is 17.7 Å². The molecular formula is C26H28FN5OS. The summed E-state index contributed by atoms with van der Waals surface area (Å²) in [4.78, 5) is 20.0. The van der Waals surface area contributed by atoms with E-state index in [2.05, 4.69) is 46.5 Å². The van der Waals surface area contributed by atoms with E-state index < -0.39 is 0 Å². The van der Waals surface area contributed by atoms with Gasteiger partial charge in [-0.2, -0.15) is 10.1 Å². The molecule has 1 aliphatic rings. The second-order valence-electron chi connectivity index (χ2n) is 8.80. The summed E-state index contributed by atoms with van der Waals surface area (Å²) < 4.78 is 16.2. The summed E-state index contributed by atoms with van der Waals surface area (Å²) in [5, 5.41) is 8.62. The third kappa shape index (κ3) is 4.55. The highest BCUT2D eigenvalue weighted by atomic mass is 32.1. The van der Waals surface area contributed by atoms with Gasteiger partial charge in [0.2, 0.25) is 5.91 Å². The first-order chi connectivity index (χ1) is 16.5. The van der Waals surface area contributed by atoms with Crippen molar-refractivity contribution >= 4 is 32.7 Å². The van der Waals surface area contributed by atoms with Gasteiger partial charge in [0.15, 0.2) is 10.8 Å². The number of nitrogens with zero attached hydrogens (tertiary/aromatic N) is 4. The molecule has 1 atom stereocenters. The average molecular weight is 478 g/mol. The van der Waals surface area contributed by atoms with Crippen LogP contribution in [0.2, 0.25) is 0 Å². The van der Waals surface area contributed by atoms with Crippen LogP contribution in [0.1, 0.15) is 36.6 Å². The smallest absolute Gasteiger partial charge is 0.225 e. The lowest BCUT2D eigenvalue weighted by Crippen LogP contribution is -2.43. The fraction of sp³-hybridized carbons (Fsp3) is 0.346. The van der Waals surface area contributed by atoms with Gasteiger partial charge < -0.3 is 10.2 Å². The molecule has 1 N–H and O–H groups in total. The molecule has 6 nitrogen and oxygen atoms in total. The van der Waals surface area contributed by atoms with Crippen molar-refractivity contribution in [3.8, 4) is 5.69 Å². The van der Waals surface area contributed by atoms with Crippen molar-refractivity contribution in [1.82, 2.24) is 20.1 Å². The summed E-state index contributed by atoms with van der Waals surface area (Å²) in [7, 11) is 0. The second-order valence-corrected chi connectivity index (χ2v) is 9.77. The second kappa shape index (κ2) is 9.54. The molecular weight excluding hydrogens is 449 g/mol. The van der Waals surface area contributed by atoms with Gasteiger partial charge in [-0.15, -0.1) is 0 Å². The first-order valence-corrected chi connectivity index (χ1v) is 12.6. The molecule has 0 spiro atoms. The van der Waals surface area contributed by atoms with E-state index in [-0.39, 0.29) is 17.6 Å². The van der Waals surface area contributed by atoms with Gasteiger partial charge in [-0.1, -0.05) is 42.5 Å². The van der Waals surface area contributed by atoms with Gasteiger partial charge in [-0.05, 0) is 61.6 Å². The Bertz CT molecular complexity index is 1300. The van der Waals surface area contributed by atoms with Crippen molar-refractivity contribution in [2.45, 2.75) is 39.7 Å². The van der Waals surface area contributed by atoms with Crippen molar-refractivity contribution in [1.29, 1.82) is 0 Å². The molecule has 8 heteroatoms. The van der Waals surface area contributed by atoms with Crippen molar-refractivity contribution < 1.29 is 9.18 Å². The zero-order valence-corrected chi connectivity index (χ0v) is 20.2. The number of halogens is 1. The van der Waals surface area contributed by atoms with Crippen LogP contribution in [-0.4, -0.2) is 33.8 Å². The van der Waals surface area contributed by atoms with E-state index in [0.29, 0.717) is 13.1 Å². The van der Waals surface area contributed by atoms with E-state index in [1.807, 2.05) is 6.92 Å². The number of piperidine rings is 1. The standard InChI is InChI=1S/C26H28FN5OS/c1-3-18-6-8-19(9-7-18)15-28-25(33)20-5-4-14-31(16-20)26-29-24-23(34-26)17(2)30-32(24)22-12-10-21(27)11-13-22/h6-13,20H,3-5,14-16H2,1-2H3,(H,28,33)/t20-/m1/s1. The highest BCUT2D eigenvalue weighted by Gasteiger charge is 2.28. The number of fused-ring (bicyclic) bond motifs is 1. The highest BCUT2D eigenvalue weighted by Crippen LogP contribution is 2.34. The molecule has 3 heterocycles. The lowest BCUT2D eigenvalue weighted by molar-refractivity contribution is -0.125. The van der Waals surface area contributed by atoms with E-state index >= 15 is 0 Å². The predicted molar refractivity (Wildman–Crippen MR) is 134 cm³/mol. The summed E-state index contributed by atoms with van der Waals surface area (Å²) >= 11 is 1.60. The van der Waals surface area contributed by atoms with Crippen LogP contribution < -0.4 is 10.2 Å². The maximum atomic E-state index is 13.4. The molecule has 5 rings (SSSR count). The van der Waals surface area contributed by atoms with Gasteiger partial charge >= 0.3 is 0 Å². The molecule has 1 aliphatic heterocycles. The third-order valence-corrected chi connectivity index (χ3v) is 7.62. The van der Waals surface area contributed by atoms with Crippen LogP contribution in [0, 0.1) is 18.7 Å².